The first-order valence-electron chi connectivity index (χ1n) is 11.2. The lowest BCUT2D eigenvalue weighted by Gasteiger charge is -2.29. The zero-order valence-electron chi connectivity index (χ0n) is 19.4. The van der Waals surface area contributed by atoms with Gasteiger partial charge in [-0.1, -0.05) is 18.9 Å². The molecule has 4 N–H and O–H groups in total. The molecule has 1 aliphatic carbocycles. The first-order valence-corrected chi connectivity index (χ1v) is 11.2. The molecule has 1 saturated carbocycles. The number of aromatic nitrogens is 4. The monoisotopic (exact) mass is 467 g/mol. The average molecular weight is 468 g/mol. The Hall–Kier alpha value is -3.82. The fraction of sp³-hybridized carbons (Fsp3) is 0.375. The minimum absolute atomic E-state index is 0.0374. The van der Waals surface area contributed by atoms with Crippen molar-refractivity contribution in [3.63, 3.8) is 0 Å². The van der Waals surface area contributed by atoms with Gasteiger partial charge < -0.3 is 11.1 Å². The lowest BCUT2D eigenvalue weighted by Crippen LogP contribution is -2.38. The molecule has 178 valence electrons. The largest absolute Gasteiger partial charge is 0.364 e. The lowest BCUT2D eigenvalue weighted by molar-refractivity contribution is -0.751. The number of primary amides is 1. The van der Waals surface area contributed by atoms with Gasteiger partial charge in [-0.3, -0.25) is 19.5 Å². The average Bonchev–Trinajstić information content (AvgIpc) is 3.35. The zero-order valence-corrected chi connectivity index (χ0v) is 19.4. The third kappa shape index (κ3) is 4.35. The summed E-state index contributed by atoms with van der Waals surface area (Å²) in [6, 6.07) is 6.21. The number of halogens is 1. The van der Waals surface area contributed by atoms with Crippen LogP contribution in [0.25, 0.3) is 11.3 Å². The molecule has 3 aromatic rings. The summed E-state index contributed by atoms with van der Waals surface area (Å²) in [7, 11) is 3.37. The highest BCUT2D eigenvalue weighted by Gasteiger charge is 2.38. The summed E-state index contributed by atoms with van der Waals surface area (Å²) in [5.74, 6) is -3.38. The van der Waals surface area contributed by atoms with Crippen molar-refractivity contribution in [1.29, 1.82) is 0 Å². The number of carbonyl (C=O) groups is 3. The quantitative estimate of drug-likeness (QED) is 0.380. The van der Waals surface area contributed by atoms with Crippen molar-refractivity contribution in [2.24, 2.45) is 31.7 Å². The maximum atomic E-state index is 15.0. The maximum Gasteiger partial charge on any atom is 0.273 e. The molecule has 1 aliphatic rings. The van der Waals surface area contributed by atoms with E-state index in [-0.39, 0.29) is 22.9 Å². The number of aryl methyl sites for hydroxylation is 2. The molecule has 1 fully saturated rings. The molecule has 9 nitrogen and oxygen atoms in total. The minimum Gasteiger partial charge on any atom is -0.364 e. The topological polar surface area (TPSA) is 127 Å². The summed E-state index contributed by atoms with van der Waals surface area (Å²) >= 11 is 0. The Kier molecular flexibility index (Phi) is 6.32. The minimum atomic E-state index is -0.677. The number of rotatable bonds is 6. The first kappa shape index (κ1) is 23.3. The maximum absolute atomic E-state index is 15.0. The standard InChI is InChI=1S/C24H27FN6O3/c1-13-10-19(29-28-13)14-8-9-17(18(25)11-14)22(32)15-6-4-5-7-16(15)24(34)27-20-12-30(2)31(3)21(20)23(26)33/h8-12,15-16H,4-7H2,1-3H3,(H3-,26,27,28,29,32,33,34)/p+1. The summed E-state index contributed by atoms with van der Waals surface area (Å²) in [5.41, 5.74) is 7.88. The van der Waals surface area contributed by atoms with Gasteiger partial charge in [0, 0.05) is 23.1 Å². The van der Waals surface area contributed by atoms with E-state index in [1.807, 2.05) is 6.92 Å². The van der Waals surface area contributed by atoms with Gasteiger partial charge in [0.1, 0.15) is 11.5 Å². The van der Waals surface area contributed by atoms with Gasteiger partial charge in [-0.2, -0.15) is 5.10 Å². The van der Waals surface area contributed by atoms with Crippen molar-refractivity contribution in [3.05, 3.63) is 53.2 Å². The Morgan fingerprint density at radius 1 is 1.21 bits per heavy atom. The summed E-state index contributed by atoms with van der Waals surface area (Å²) in [5, 5.41) is 9.71. The van der Waals surface area contributed by atoms with Crippen molar-refractivity contribution in [1.82, 2.24) is 14.9 Å². The smallest absolute Gasteiger partial charge is 0.273 e. The molecule has 0 bridgehead atoms. The number of carbonyl (C=O) groups excluding carboxylic acids is 3. The SMILES string of the molecule is Cc1cc(-c2ccc(C(=O)C3CCCCC3C(=O)Nc3c[n+](C)n(C)c3C(N)=O)c(F)c2)n[nH]1. The number of anilines is 1. The van der Waals surface area contributed by atoms with Gasteiger partial charge in [-0.25, -0.2) is 4.39 Å². The number of H-pyrrole nitrogens is 1. The highest BCUT2D eigenvalue weighted by molar-refractivity contribution is 6.05. The van der Waals surface area contributed by atoms with E-state index in [9.17, 15) is 18.8 Å². The summed E-state index contributed by atoms with van der Waals surface area (Å²) in [6.45, 7) is 1.85. The van der Waals surface area contributed by atoms with Crippen LogP contribution >= 0.6 is 0 Å². The number of Topliss-reactive ketones (excluding diaryl/α,β-unsaturated/α-hetero) is 1. The number of hydrogen-bond donors (Lipinski definition) is 3. The summed E-state index contributed by atoms with van der Waals surface area (Å²) in [6.07, 6.45) is 4.14. The fourth-order valence-electron chi connectivity index (χ4n) is 4.67. The second kappa shape index (κ2) is 9.20. The number of nitrogens with two attached hydrogens (primary N) is 1. The fourth-order valence-corrected chi connectivity index (χ4v) is 4.67. The van der Waals surface area contributed by atoms with Gasteiger partial charge in [0.05, 0.1) is 18.3 Å². The molecule has 2 amide bonds. The Morgan fingerprint density at radius 3 is 2.53 bits per heavy atom. The highest BCUT2D eigenvalue weighted by atomic mass is 19.1. The van der Waals surface area contributed by atoms with Crippen molar-refractivity contribution >= 4 is 23.3 Å². The number of nitrogens with one attached hydrogen (secondary N) is 2. The normalized spacial score (nSPS) is 18.0. The van der Waals surface area contributed by atoms with Gasteiger partial charge in [0.2, 0.25) is 12.1 Å². The van der Waals surface area contributed by atoms with Gasteiger partial charge >= 0.3 is 0 Å². The summed E-state index contributed by atoms with van der Waals surface area (Å²) in [4.78, 5) is 38.4. The van der Waals surface area contributed by atoms with Crippen LogP contribution < -0.4 is 15.7 Å². The molecular formula is C24H28FN6O3+. The van der Waals surface area contributed by atoms with E-state index < -0.39 is 29.3 Å². The van der Waals surface area contributed by atoms with Crippen LogP contribution in [0.15, 0.2) is 30.5 Å². The predicted octanol–water partition coefficient (Wildman–Crippen LogP) is 2.41. The van der Waals surface area contributed by atoms with E-state index in [1.165, 1.54) is 16.8 Å². The van der Waals surface area contributed by atoms with E-state index in [0.29, 0.717) is 24.1 Å². The van der Waals surface area contributed by atoms with Crippen LogP contribution in [0.1, 0.15) is 52.2 Å². The number of aromatic amines is 1. The van der Waals surface area contributed by atoms with Crippen LogP contribution in [0, 0.1) is 24.6 Å². The van der Waals surface area contributed by atoms with Crippen LogP contribution in [0.4, 0.5) is 10.1 Å². The lowest BCUT2D eigenvalue weighted by atomic mass is 9.74. The molecule has 0 radical (unpaired) electrons. The third-order valence-corrected chi connectivity index (χ3v) is 6.53. The molecule has 2 aromatic heterocycles. The second-order valence-electron chi connectivity index (χ2n) is 8.83. The number of hydrogen-bond acceptors (Lipinski definition) is 4. The van der Waals surface area contributed by atoms with E-state index >= 15 is 0 Å². The Morgan fingerprint density at radius 2 is 1.91 bits per heavy atom. The highest BCUT2D eigenvalue weighted by Crippen LogP contribution is 2.35. The molecule has 4 rings (SSSR count). The Balaban J connectivity index is 1.57. The molecule has 2 heterocycles. The zero-order chi connectivity index (χ0) is 24.6. The molecule has 0 spiro atoms. The predicted molar refractivity (Wildman–Crippen MR) is 122 cm³/mol. The van der Waals surface area contributed by atoms with Gasteiger partial charge in [0.25, 0.3) is 5.91 Å². The van der Waals surface area contributed by atoms with E-state index in [1.54, 1.807) is 37.1 Å². The number of benzene rings is 1. The van der Waals surface area contributed by atoms with E-state index in [0.717, 1.165) is 18.5 Å². The molecule has 2 unspecified atom stereocenters. The van der Waals surface area contributed by atoms with Crippen LogP contribution in [0.5, 0.6) is 0 Å². The van der Waals surface area contributed by atoms with Crippen molar-refractivity contribution in [3.8, 4) is 11.3 Å². The van der Waals surface area contributed by atoms with Crippen LogP contribution in [0.3, 0.4) is 0 Å². The molecule has 10 heteroatoms. The third-order valence-electron chi connectivity index (χ3n) is 6.53. The molecule has 2 atom stereocenters. The molecule has 0 aliphatic heterocycles. The van der Waals surface area contributed by atoms with Crippen molar-refractivity contribution in [2.75, 3.05) is 5.32 Å². The molecular weight excluding hydrogens is 439 g/mol. The Bertz CT molecular complexity index is 1280. The number of amides is 2. The van der Waals surface area contributed by atoms with E-state index in [2.05, 4.69) is 15.5 Å². The van der Waals surface area contributed by atoms with Crippen LogP contribution in [-0.2, 0) is 18.9 Å². The van der Waals surface area contributed by atoms with Crippen molar-refractivity contribution in [2.45, 2.75) is 32.6 Å². The molecule has 0 saturated heterocycles. The van der Waals surface area contributed by atoms with Crippen molar-refractivity contribution < 1.29 is 23.5 Å². The van der Waals surface area contributed by atoms with Gasteiger partial charge in [-0.05, 0) is 38.0 Å². The van der Waals surface area contributed by atoms with Crippen LogP contribution in [-0.4, -0.2) is 32.5 Å². The van der Waals surface area contributed by atoms with Gasteiger partial charge in [-0.15, -0.1) is 9.36 Å². The Labute approximate surface area is 196 Å². The number of ketones is 1. The van der Waals surface area contributed by atoms with E-state index in [4.69, 9.17) is 5.73 Å². The number of nitrogens with zero attached hydrogens (tertiary/aromatic N) is 3. The first-order chi connectivity index (χ1) is 16.2. The molecule has 1 aromatic carbocycles. The summed E-state index contributed by atoms with van der Waals surface area (Å²) < 4.78 is 18.1. The van der Waals surface area contributed by atoms with Gasteiger partial charge in [0.15, 0.2) is 18.5 Å². The second-order valence-corrected chi connectivity index (χ2v) is 8.83. The molecule has 34 heavy (non-hydrogen) atoms. The van der Waals surface area contributed by atoms with Crippen LogP contribution in [0.2, 0.25) is 0 Å².